The van der Waals surface area contributed by atoms with Gasteiger partial charge >= 0.3 is 5.97 Å². The van der Waals surface area contributed by atoms with Crippen LogP contribution in [0.15, 0.2) is 28.7 Å². The van der Waals surface area contributed by atoms with Crippen LogP contribution >= 0.6 is 0 Å². The van der Waals surface area contributed by atoms with Crippen molar-refractivity contribution in [1.82, 2.24) is 4.98 Å². The summed E-state index contributed by atoms with van der Waals surface area (Å²) in [4.78, 5) is 15.8. The van der Waals surface area contributed by atoms with Crippen molar-refractivity contribution in [3.8, 4) is 5.75 Å². The highest BCUT2D eigenvalue weighted by molar-refractivity contribution is 5.75. The molecule has 0 radical (unpaired) electrons. The Labute approximate surface area is 177 Å². The summed E-state index contributed by atoms with van der Waals surface area (Å²) in [5.41, 5.74) is 1.95. The second-order valence-corrected chi connectivity index (χ2v) is 8.96. The molecule has 0 amide bonds. The third-order valence-corrected chi connectivity index (χ3v) is 5.17. The smallest absolute Gasteiger partial charge is 0.364 e. The SMILES string of the molecule is Cc1oc(C(C)(C)C)nc1CCOc1ccc(C[C@H]2CO[C@@](C)(C(=O)O)OC2)cc1. The van der Waals surface area contributed by atoms with Gasteiger partial charge in [0.1, 0.15) is 11.5 Å². The summed E-state index contributed by atoms with van der Waals surface area (Å²) in [5.74, 6) is -0.127. The standard InChI is InChI=1S/C23H31NO6/c1-15-19(24-20(30-15)22(2,3)4)10-11-27-18-8-6-16(7-9-18)12-17-13-28-23(5,21(25)26)29-14-17/h6-9,17H,10-14H2,1-5H3,(H,25,26)/t17-,23+. The van der Waals surface area contributed by atoms with Gasteiger partial charge < -0.3 is 23.7 Å². The molecule has 1 saturated heterocycles. The molecule has 1 N–H and O–H groups in total. The van der Waals surface area contributed by atoms with E-state index in [-0.39, 0.29) is 11.3 Å². The summed E-state index contributed by atoms with van der Waals surface area (Å²) in [7, 11) is 0. The molecule has 0 saturated carbocycles. The Morgan fingerprint density at radius 2 is 1.87 bits per heavy atom. The monoisotopic (exact) mass is 417 g/mol. The fraction of sp³-hybridized carbons (Fsp3) is 0.565. The Balaban J connectivity index is 1.46. The lowest BCUT2D eigenvalue weighted by Crippen LogP contribution is -2.48. The Hall–Kier alpha value is -2.38. The van der Waals surface area contributed by atoms with Crippen LogP contribution in [0.2, 0.25) is 0 Å². The Bertz CT molecular complexity index is 857. The van der Waals surface area contributed by atoms with E-state index in [1.54, 1.807) is 0 Å². The first-order valence-corrected chi connectivity index (χ1v) is 10.3. The zero-order valence-electron chi connectivity index (χ0n) is 18.4. The van der Waals surface area contributed by atoms with Crippen LogP contribution in [-0.4, -0.2) is 41.7 Å². The molecule has 7 heteroatoms. The van der Waals surface area contributed by atoms with Crippen molar-refractivity contribution in [2.24, 2.45) is 5.92 Å². The first-order valence-electron chi connectivity index (χ1n) is 10.3. The molecule has 1 aromatic heterocycles. The third kappa shape index (κ3) is 5.40. The lowest BCUT2D eigenvalue weighted by molar-refractivity contribution is -0.270. The topological polar surface area (TPSA) is 91.0 Å². The van der Waals surface area contributed by atoms with E-state index in [1.165, 1.54) is 6.92 Å². The maximum atomic E-state index is 11.1. The van der Waals surface area contributed by atoms with Gasteiger partial charge in [0.15, 0.2) is 5.89 Å². The molecule has 0 unspecified atom stereocenters. The zero-order chi connectivity index (χ0) is 21.9. The molecule has 1 aliphatic rings. The number of benzene rings is 1. The molecule has 0 spiro atoms. The number of hydrogen-bond donors (Lipinski definition) is 1. The number of carboxylic acid groups (broad SMARTS) is 1. The van der Waals surface area contributed by atoms with Crippen LogP contribution < -0.4 is 4.74 Å². The van der Waals surface area contributed by atoms with Crippen LogP contribution in [0, 0.1) is 12.8 Å². The highest BCUT2D eigenvalue weighted by Crippen LogP contribution is 2.26. The van der Waals surface area contributed by atoms with Crippen molar-refractivity contribution in [3.63, 3.8) is 0 Å². The number of oxazole rings is 1. The molecule has 0 atom stereocenters. The highest BCUT2D eigenvalue weighted by Gasteiger charge is 2.40. The first kappa shape index (κ1) is 22.3. The van der Waals surface area contributed by atoms with Crippen LogP contribution in [0.3, 0.4) is 0 Å². The summed E-state index contributed by atoms with van der Waals surface area (Å²) in [5, 5.41) is 9.13. The minimum atomic E-state index is -1.54. The number of nitrogens with zero attached hydrogens (tertiary/aromatic N) is 1. The van der Waals surface area contributed by atoms with E-state index in [4.69, 9.17) is 23.7 Å². The summed E-state index contributed by atoms with van der Waals surface area (Å²) in [6, 6.07) is 7.91. The molecule has 0 aliphatic carbocycles. The van der Waals surface area contributed by atoms with Crippen molar-refractivity contribution in [2.45, 2.75) is 58.7 Å². The van der Waals surface area contributed by atoms with E-state index in [9.17, 15) is 4.79 Å². The Morgan fingerprint density at radius 1 is 1.23 bits per heavy atom. The van der Waals surface area contributed by atoms with Gasteiger partial charge in [-0.15, -0.1) is 0 Å². The van der Waals surface area contributed by atoms with Gasteiger partial charge in [-0.25, -0.2) is 9.78 Å². The second kappa shape index (κ2) is 8.78. The van der Waals surface area contributed by atoms with Crippen LogP contribution in [0.5, 0.6) is 5.75 Å². The van der Waals surface area contributed by atoms with Gasteiger partial charge in [-0.05, 0) is 31.0 Å². The summed E-state index contributed by atoms with van der Waals surface area (Å²) < 4.78 is 22.4. The average Bonchev–Trinajstić information content (AvgIpc) is 3.06. The predicted octanol–water partition coefficient (Wildman–Crippen LogP) is 3.91. The third-order valence-electron chi connectivity index (χ3n) is 5.17. The van der Waals surface area contributed by atoms with Crippen LogP contribution in [-0.2, 0) is 32.5 Å². The van der Waals surface area contributed by atoms with Crippen LogP contribution in [0.25, 0.3) is 0 Å². The maximum absolute atomic E-state index is 11.1. The van der Waals surface area contributed by atoms with Crippen molar-refractivity contribution in [1.29, 1.82) is 0 Å². The van der Waals surface area contributed by atoms with E-state index >= 15 is 0 Å². The number of aryl methyl sites for hydroxylation is 1. The van der Waals surface area contributed by atoms with Crippen molar-refractivity contribution >= 4 is 5.97 Å². The van der Waals surface area contributed by atoms with Crippen molar-refractivity contribution < 1.29 is 28.5 Å². The lowest BCUT2D eigenvalue weighted by Gasteiger charge is -2.34. The van der Waals surface area contributed by atoms with E-state index in [1.807, 2.05) is 31.2 Å². The number of carboxylic acids is 1. The molecule has 2 heterocycles. The Kier molecular flexibility index (Phi) is 6.53. The number of ether oxygens (including phenoxy) is 3. The molecule has 7 nitrogen and oxygen atoms in total. The maximum Gasteiger partial charge on any atom is 0.364 e. The normalized spacial score (nSPS) is 22.1. The van der Waals surface area contributed by atoms with E-state index in [0.29, 0.717) is 26.2 Å². The predicted molar refractivity (Wildman–Crippen MR) is 111 cm³/mol. The molecule has 164 valence electrons. The number of carbonyl (C=O) groups is 1. The Morgan fingerprint density at radius 3 is 2.40 bits per heavy atom. The van der Waals surface area contributed by atoms with E-state index in [0.717, 1.165) is 35.1 Å². The summed E-state index contributed by atoms with van der Waals surface area (Å²) in [6.45, 7) is 10.8. The molecule has 1 aromatic carbocycles. The number of aromatic nitrogens is 1. The minimum absolute atomic E-state index is 0.111. The van der Waals surface area contributed by atoms with E-state index in [2.05, 4.69) is 25.8 Å². The first-order chi connectivity index (χ1) is 14.1. The minimum Gasteiger partial charge on any atom is -0.493 e. The summed E-state index contributed by atoms with van der Waals surface area (Å²) in [6.07, 6.45) is 1.44. The van der Waals surface area contributed by atoms with Gasteiger partial charge in [-0.2, -0.15) is 0 Å². The fourth-order valence-corrected chi connectivity index (χ4v) is 3.19. The van der Waals surface area contributed by atoms with Crippen molar-refractivity contribution in [3.05, 3.63) is 47.2 Å². The molecule has 1 aliphatic heterocycles. The molecule has 2 aromatic rings. The number of aliphatic carboxylic acids is 1. The molecule has 3 rings (SSSR count). The number of rotatable bonds is 7. The largest absolute Gasteiger partial charge is 0.493 e. The molecule has 30 heavy (non-hydrogen) atoms. The zero-order valence-corrected chi connectivity index (χ0v) is 18.4. The van der Waals surface area contributed by atoms with Crippen LogP contribution in [0.1, 0.15) is 50.6 Å². The van der Waals surface area contributed by atoms with Crippen LogP contribution in [0.4, 0.5) is 0 Å². The van der Waals surface area contributed by atoms with Gasteiger partial charge in [-0.1, -0.05) is 32.9 Å². The average molecular weight is 418 g/mol. The van der Waals surface area contributed by atoms with E-state index < -0.39 is 11.8 Å². The van der Waals surface area contributed by atoms with Gasteiger partial charge in [-0.3, -0.25) is 0 Å². The lowest BCUT2D eigenvalue weighted by atomic mass is 9.97. The molecule has 0 bridgehead atoms. The van der Waals surface area contributed by atoms with Gasteiger partial charge in [0.2, 0.25) is 0 Å². The van der Waals surface area contributed by atoms with Crippen molar-refractivity contribution in [2.75, 3.05) is 19.8 Å². The summed E-state index contributed by atoms with van der Waals surface area (Å²) >= 11 is 0. The van der Waals surface area contributed by atoms with Gasteiger partial charge in [0.25, 0.3) is 5.79 Å². The quantitative estimate of drug-likeness (QED) is 0.730. The highest BCUT2D eigenvalue weighted by atomic mass is 16.7. The second-order valence-electron chi connectivity index (χ2n) is 8.96. The molecular formula is C23H31NO6. The molecule has 1 fully saturated rings. The number of hydrogen-bond acceptors (Lipinski definition) is 6. The van der Waals surface area contributed by atoms with Gasteiger partial charge in [0.05, 0.1) is 25.5 Å². The van der Waals surface area contributed by atoms with Gasteiger partial charge in [0, 0.05) is 24.7 Å². The molecular weight excluding hydrogens is 386 g/mol. The fourth-order valence-electron chi connectivity index (χ4n) is 3.19.